The highest BCUT2D eigenvalue weighted by Gasteiger charge is 2.42. The molecule has 0 N–H and O–H groups in total. The molecule has 2 fully saturated rings. The molecule has 3 amide bonds. The highest BCUT2D eigenvalue weighted by atomic mass is 32.2. The van der Waals surface area contributed by atoms with Gasteiger partial charge in [0.1, 0.15) is 6.54 Å². The molecular formula is C22H23F3N4O3S. The van der Waals surface area contributed by atoms with E-state index in [1.54, 1.807) is 24.5 Å². The number of nitrogens with zero attached hydrogens (tertiary/aromatic N) is 4. The summed E-state index contributed by atoms with van der Waals surface area (Å²) in [6.07, 6.45) is 4.70. The first-order chi connectivity index (χ1) is 15.8. The van der Waals surface area contributed by atoms with E-state index in [9.17, 15) is 22.8 Å². The van der Waals surface area contributed by atoms with Gasteiger partial charge in [0.2, 0.25) is 0 Å². The third-order valence-electron chi connectivity index (χ3n) is 5.48. The average molecular weight is 481 g/mol. The third-order valence-corrected chi connectivity index (χ3v) is 6.22. The molecule has 7 nitrogen and oxygen atoms in total. The fraction of sp³-hybridized carbons (Fsp3) is 0.409. The minimum atomic E-state index is -4.41. The van der Waals surface area contributed by atoms with Gasteiger partial charge in [-0.1, -0.05) is 0 Å². The van der Waals surface area contributed by atoms with E-state index in [0.717, 1.165) is 37.4 Å². The van der Waals surface area contributed by atoms with Crippen LogP contribution in [0.4, 0.5) is 23.7 Å². The van der Waals surface area contributed by atoms with E-state index in [4.69, 9.17) is 4.74 Å². The lowest BCUT2D eigenvalue weighted by Crippen LogP contribution is -2.37. The molecule has 2 saturated heterocycles. The number of rotatable bonds is 8. The van der Waals surface area contributed by atoms with Gasteiger partial charge in [-0.3, -0.25) is 14.7 Å². The Labute approximate surface area is 193 Å². The first-order valence-corrected chi connectivity index (χ1v) is 11.4. The van der Waals surface area contributed by atoms with Crippen molar-refractivity contribution in [2.45, 2.75) is 29.5 Å². The van der Waals surface area contributed by atoms with Crippen molar-refractivity contribution in [1.82, 2.24) is 14.8 Å². The number of imide groups is 1. The van der Waals surface area contributed by atoms with E-state index in [1.807, 2.05) is 0 Å². The molecule has 2 aliphatic rings. The molecule has 0 saturated carbocycles. The van der Waals surface area contributed by atoms with Crippen LogP contribution in [-0.2, 0) is 9.53 Å². The second kappa shape index (κ2) is 10.1. The Kier molecular flexibility index (Phi) is 7.20. The second-order valence-electron chi connectivity index (χ2n) is 7.73. The number of ether oxygens (including phenoxy) is 1. The quantitative estimate of drug-likeness (QED) is 0.415. The maximum Gasteiger partial charge on any atom is 0.446 e. The van der Waals surface area contributed by atoms with Crippen molar-refractivity contribution >= 4 is 29.4 Å². The van der Waals surface area contributed by atoms with Crippen LogP contribution in [0.25, 0.3) is 0 Å². The zero-order valence-corrected chi connectivity index (χ0v) is 18.5. The largest absolute Gasteiger partial charge is 0.446 e. The molecule has 1 aromatic heterocycles. The van der Waals surface area contributed by atoms with Crippen molar-refractivity contribution in [3.63, 3.8) is 0 Å². The molecule has 0 bridgehead atoms. The van der Waals surface area contributed by atoms with Crippen molar-refractivity contribution in [2.75, 3.05) is 37.7 Å². The summed E-state index contributed by atoms with van der Waals surface area (Å²) >= 11 is -0.253. The number of pyridine rings is 1. The number of anilines is 1. The summed E-state index contributed by atoms with van der Waals surface area (Å²) in [6, 6.07) is 8.02. The standard InChI is InChI=1S/C22H23F3N4O3S/c23-22(24,25)33-18-5-3-17(4-6-18)29-19(30)15-28(21(29)31)20(16-7-9-26-10-8-16)32-14-13-27-11-1-2-12-27/h3-10,20H,1-2,11-15H2. The minimum Gasteiger partial charge on any atom is -0.353 e. The number of carbonyl (C=O) groups excluding carboxylic acids is 2. The lowest BCUT2D eigenvalue weighted by Gasteiger charge is -2.28. The molecule has 3 heterocycles. The van der Waals surface area contributed by atoms with Gasteiger partial charge in [0.25, 0.3) is 5.91 Å². The van der Waals surface area contributed by atoms with Crippen molar-refractivity contribution in [1.29, 1.82) is 0 Å². The van der Waals surface area contributed by atoms with Crippen LogP contribution in [-0.4, -0.2) is 65.0 Å². The Bertz CT molecular complexity index is 969. The molecule has 0 aliphatic carbocycles. The van der Waals surface area contributed by atoms with Crippen molar-refractivity contribution < 1.29 is 27.5 Å². The second-order valence-corrected chi connectivity index (χ2v) is 8.87. The minimum absolute atomic E-state index is 0.0258. The van der Waals surface area contributed by atoms with Crippen molar-refractivity contribution in [3.05, 3.63) is 54.4 Å². The summed E-state index contributed by atoms with van der Waals surface area (Å²) in [4.78, 5) is 34.5. The first kappa shape index (κ1) is 23.5. The van der Waals surface area contributed by atoms with Gasteiger partial charge in [0.05, 0.1) is 12.3 Å². The number of halogens is 3. The van der Waals surface area contributed by atoms with E-state index < -0.39 is 23.7 Å². The number of thioether (sulfide) groups is 1. The van der Waals surface area contributed by atoms with Crippen LogP contribution in [0.1, 0.15) is 24.6 Å². The van der Waals surface area contributed by atoms with Gasteiger partial charge in [-0.05, 0) is 74.1 Å². The Hall–Kier alpha value is -2.63. The van der Waals surface area contributed by atoms with E-state index in [1.165, 1.54) is 29.2 Å². The molecule has 1 atom stereocenters. The van der Waals surface area contributed by atoms with Crippen molar-refractivity contribution in [2.24, 2.45) is 0 Å². The Morgan fingerprint density at radius 2 is 1.70 bits per heavy atom. The van der Waals surface area contributed by atoms with Gasteiger partial charge in [-0.2, -0.15) is 13.2 Å². The molecule has 33 heavy (non-hydrogen) atoms. The summed E-state index contributed by atoms with van der Waals surface area (Å²) in [5, 5.41) is 0. The van der Waals surface area contributed by atoms with Crippen LogP contribution < -0.4 is 4.90 Å². The van der Waals surface area contributed by atoms with Crippen LogP contribution in [0, 0.1) is 0 Å². The van der Waals surface area contributed by atoms with Crippen molar-refractivity contribution in [3.8, 4) is 0 Å². The molecule has 11 heteroatoms. The van der Waals surface area contributed by atoms with Crippen LogP contribution in [0.5, 0.6) is 0 Å². The smallest absolute Gasteiger partial charge is 0.353 e. The zero-order valence-electron chi connectivity index (χ0n) is 17.7. The average Bonchev–Trinajstić information content (AvgIpc) is 3.39. The zero-order chi connectivity index (χ0) is 23.4. The van der Waals surface area contributed by atoms with Gasteiger partial charge in [0, 0.05) is 29.4 Å². The SMILES string of the molecule is O=C1CN(C(OCCN2CCCC2)c2ccncc2)C(=O)N1c1ccc(SC(F)(F)F)cc1. The summed E-state index contributed by atoms with van der Waals surface area (Å²) in [5.74, 6) is -0.474. The first-order valence-electron chi connectivity index (χ1n) is 10.5. The molecule has 176 valence electrons. The molecule has 4 rings (SSSR count). The Morgan fingerprint density at radius 3 is 2.33 bits per heavy atom. The summed E-state index contributed by atoms with van der Waals surface area (Å²) in [7, 11) is 0. The third kappa shape index (κ3) is 5.84. The number of aromatic nitrogens is 1. The lowest BCUT2D eigenvalue weighted by molar-refractivity contribution is -0.118. The molecule has 1 unspecified atom stereocenters. The lowest BCUT2D eigenvalue weighted by atomic mass is 10.2. The number of hydrogen-bond acceptors (Lipinski definition) is 6. The predicted octanol–water partition coefficient (Wildman–Crippen LogP) is 4.27. The van der Waals surface area contributed by atoms with Crippen LogP contribution >= 0.6 is 11.8 Å². The molecule has 0 radical (unpaired) electrons. The van der Waals surface area contributed by atoms with Crippen LogP contribution in [0.2, 0.25) is 0 Å². The number of carbonyl (C=O) groups is 2. The van der Waals surface area contributed by atoms with E-state index >= 15 is 0 Å². The van der Waals surface area contributed by atoms with Crippen LogP contribution in [0.3, 0.4) is 0 Å². The predicted molar refractivity (Wildman–Crippen MR) is 117 cm³/mol. The monoisotopic (exact) mass is 480 g/mol. The molecule has 1 aromatic carbocycles. The number of hydrogen-bond donors (Lipinski definition) is 0. The topological polar surface area (TPSA) is 66.0 Å². The summed E-state index contributed by atoms with van der Waals surface area (Å²) < 4.78 is 43.8. The maximum absolute atomic E-state index is 13.2. The molecular weight excluding hydrogens is 457 g/mol. The number of urea groups is 1. The van der Waals surface area contributed by atoms with E-state index in [-0.39, 0.29) is 28.9 Å². The summed E-state index contributed by atoms with van der Waals surface area (Å²) in [5.41, 5.74) is -3.52. The maximum atomic E-state index is 13.2. The van der Waals surface area contributed by atoms with Gasteiger partial charge < -0.3 is 9.64 Å². The normalized spacial score (nSPS) is 18.4. The Balaban J connectivity index is 1.49. The van der Waals surface area contributed by atoms with Gasteiger partial charge in [0.15, 0.2) is 6.23 Å². The number of likely N-dealkylation sites (tertiary alicyclic amines) is 1. The number of benzene rings is 1. The van der Waals surface area contributed by atoms with E-state index in [0.29, 0.717) is 12.2 Å². The summed E-state index contributed by atoms with van der Waals surface area (Å²) in [6.45, 7) is 2.93. The van der Waals surface area contributed by atoms with Gasteiger partial charge in [-0.25, -0.2) is 9.69 Å². The van der Waals surface area contributed by atoms with Gasteiger partial charge in [-0.15, -0.1) is 0 Å². The van der Waals surface area contributed by atoms with Crippen LogP contribution in [0.15, 0.2) is 53.7 Å². The fourth-order valence-corrected chi connectivity index (χ4v) is 4.49. The highest BCUT2D eigenvalue weighted by Crippen LogP contribution is 2.38. The highest BCUT2D eigenvalue weighted by molar-refractivity contribution is 8.00. The Morgan fingerprint density at radius 1 is 1.03 bits per heavy atom. The molecule has 0 spiro atoms. The van der Waals surface area contributed by atoms with Gasteiger partial charge >= 0.3 is 11.5 Å². The molecule has 2 aromatic rings. The number of amides is 3. The van der Waals surface area contributed by atoms with E-state index in [2.05, 4.69) is 9.88 Å². The number of alkyl halides is 3. The fourth-order valence-electron chi connectivity index (χ4n) is 3.95. The molecule has 2 aliphatic heterocycles.